The van der Waals surface area contributed by atoms with Crippen LogP contribution in [-0.4, -0.2) is 115 Å². The Morgan fingerprint density at radius 1 is 0.667 bits per heavy atom. The summed E-state index contributed by atoms with van der Waals surface area (Å²) in [7, 11) is 2.37. The highest BCUT2D eigenvalue weighted by atomic mass is 16.5. The number of likely N-dealkylation sites (N-methyl/N-ethyl adjacent to an activating group) is 2. The highest BCUT2D eigenvalue weighted by Gasteiger charge is 2.11. The molecule has 14 nitrogen and oxygen atoms in total. The number of aliphatic hydroxyl groups is 1. The lowest BCUT2D eigenvalue weighted by atomic mass is 10.4. The molecular weight excluding hydrogens is 484 g/mol. The summed E-state index contributed by atoms with van der Waals surface area (Å²) in [6.07, 6.45) is 3.40. The zero-order chi connectivity index (χ0) is 27.8. The van der Waals surface area contributed by atoms with Crippen molar-refractivity contribution in [1.29, 1.82) is 0 Å². The molecule has 0 rings (SSSR count). The van der Waals surface area contributed by atoms with E-state index in [9.17, 15) is 28.8 Å². The summed E-state index contributed by atoms with van der Waals surface area (Å²) >= 11 is 0. The van der Waals surface area contributed by atoms with E-state index in [1.165, 1.54) is 19.1 Å². The molecule has 0 spiro atoms. The van der Waals surface area contributed by atoms with Gasteiger partial charge < -0.3 is 39.7 Å². The number of rotatable bonds is 11. The minimum Gasteiger partial charge on any atom is -0.478 e. The number of methoxy groups -OCH3 is 2. The fourth-order valence-electron chi connectivity index (χ4n) is 1.94. The first kappa shape index (κ1) is 39.4. The Hall–Kier alpha value is -3.78. The van der Waals surface area contributed by atoms with Gasteiger partial charge in [0.15, 0.2) is 6.61 Å². The van der Waals surface area contributed by atoms with Gasteiger partial charge in [0, 0.05) is 50.5 Å². The summed E-state index contributed by atoms with van der Waals surface area (Å²) in [6, 6.07) is 0. The van der Waals surface area contributed by atoms with Crippen molar-refractivity contribution in [3.8, 4) is 0 Å². The Morgan fingerprint density at radius 2 is 1.03 bits per heavy atom. The second-order valence-electron chi connectivity index (χ2n) is 5.95. The van der Waals surface area contributed by atoms with E-state index < -0.39 is 23.9 Å². The van der Waals surface area contributed by atoms with Crippen LogP contribution in [0.15, 0.2) is 24.3 Å². The van der Waals surface area contributed by atoms with Gasteiger partial charge in [-0.05, 0) is 27.7 Å². The topological polar surface area (TPSA) is 209 Å². The molecule has 208 valence electrons. The van der Waals surface area contributed by atoms with Crippen LogP contribution in [-0.2, 0) is 43.0 Å². The first-order valence-corrected chi connectivity index (χ1v) is 10.6. The minimum atomic E-state index is -1.17. The number of esters is 3. The first-order valence-electron chi connectivity index (χ1n) is 10.6. The number of carbonyl (C=O) groups is 6. The molecule has 2 amide bonds. The van der Waals surface area contributed by atoms with Gasteiger partial charge in [0.1, 0.15) is 6.61 Å². The smallest absolute Gasteiger partial charge is 0.331 e. The van der Waals surface area contributed by atoms with Crippen molar-refractivity contribution in [2.45, 2.75) is 27.7 Å². The van der Waals surface area contributed by atoms with E-state index in [2.05, 4.69) is 14.2 Å². The number of aliphatic hydroxyl groups excluding tert-OH is 1. The predicted octanol–water partition coefficient (Wildman–Crippen LogP) is -1.05. The van der Waals surface area contributed by atoms with Gasteiger partial charge in [-0.1, -0.05) is 0 Å². The molecule has 0 aliphatic carbocycles. The number of hydrogen-bond donors (Lipinski definition) is 2. The summed E-state index contributed by atoms with van der Waals surface area (Å²) in [5.74, 6) is -3.71. The van der Waals surface area contributed by atoms with Gasteiger partial charge in [0.2, 0.25) is 5.91 Å². The number of ether oxygens (including phenoxy) is 3. The van der Waals surface area contributed by atoms with Crippen LogP contribution in [0.25, 0.3) is 0 Å². The average Bonchev–Trinajstić information content (AvgIpc) is 2.86. The third kappa shape index (κ3) is 23.4. The van der Waals surface area contributed by atoms with Gasteiger partial charge in [0.25, 0.3) is 5.91 Å². The predicted molar refractivity (Wildman–Crippen MR) is 127 cm³/mol. The molecule has 0 saturated carbocycles. The van der Waals surface area contributed by atoms with Crippen molar-refractivity contribution in [3.63, 3.8) is 0 Å². The van der Waals surface area contributed by atoms with E-state index in [-0.39, 0.29) is 30.5 Å². The molecule has 0 heterocycles. The van der Waals surface area contributed by atoms with E-state index >= 15 is 0 Å². The zero-order valence-corrected chi connectivity index (χ0v) is 21.5. The normalized spacial score (nSPS) is 9.42. The zero-order valence-electron chi connectivity index (χ0n) is 21.5. The van der Waals surface area contributed by atoms with Crippen LogP contribution in [0.3, 0.4) is 0 Å². The van der Waals surface area contributed by atoms with Crippen LogP contribution in [0.1, 0.15) is 27.7 Å². The molecule has 0 radical (unpaired) electrons. The number of amides is 2. The summed E-state index contributed by atoms with van der Waals surface area (Å²) in [5.41, 5.74) is 0. The monoisotopic (exact) mass is 522 g/mol. The molecule has 4 N–H and O–H groups in total. The lowest BCUT2D eigenvalue weighted by Crippen LogP contribution is -2.34. The van der Waals surface area contributed by atoms with Crippen molar-refractivity contribution in [2.75, 3.05) is 53.6 Å². The van der Waals surface area contributed by atoms with E-state index in [1.54, 1.807) is 4.90 Å². The van der Waals surface area contributed by atoms with Gasteiger partial charge in [-0.2, -0.15) is 0 Å². The van der Waals surface area contributed by atoms with Crippen molar-refractivity contribution in [1.82, 2.24) is 9.80 Å². The standard InChI is InChI=1S/C11H17NO5.C6H13NO2.C5H6O4.H2O/c1-4-12(5-2)9(13)8-17-11(15)7-6-10(14)16-3;1-3-7(4-2)6(9)5-8;1-9-5(8)3-2-4(6)7;/h6-7H,4-5,8H2,1-3H3;8H,3-5H2,1-2H3;2-3H,1H3,(H,6,7);1H2/b7-6+;;3-2+;. The largest absolute Gasteiger partial charge is 0.478 e. The number of carbonyl (C=O) groups excluding carboxylic acids is 5. The van der Waals surface area contributed by atoms with E-state index in [0.29, 0.717) is 32.3 Å². The highest BCUT2D eigenvalue weighted by Crippen LogP contribution is 1.91. The fraction of sp³-hybridized carbons (Fsp3) is 0.545. The molecule has 0 aromatic rings. The van der Waals surface area contributed by atoms with Crippen molar-refractivity contribution in [2.24, 2.45) is 0 Å². The Bertz CT molecular complexity index is 727. The molecule has 0 unspecified atom stereocenters. The van der Waals surface area contributed by atoms with Crippen LogP contribution in [0.5, 0.6) is 0 Å². The van der Waals surface area contributed by atoms with Gasteiger partial charge in [0.05, 0.1) is 14.2 Å². The fourth-order valence-corrected chi connectivity index (χ4v) is 1.94. The second kappa shape index (κ2) is 25.8. The number of carboxylic acid groups (broad SMARTS) is 1. The lowest BCUT2D eigenvalue weighted by molar-refractivity contribution is -0.148. The van der Waals surface area contributed by atoms with Gasteiger partial charge in [-0.3, -0.25) is 9.59 Å². The van der Waals surface area contributed by atoms with E-state index in [4.69, 9.17) is 10.2 Å². The molecule has 0 fully saturated rings. The molecule has 36 heavy (non-hydrogen) atoms. The van der Waals surface area contributed by atoms with Crippen molar-refractivity contribution in [3.05, 3.63) is 24.3 Å². The number of hydrogen-bond acceptors (Lipinski definition) is 10. The molecule has 0 saturated heterocycles. The van der Waals surface area contributed by atoms with Crippen LogP contribution >= 0.6 is 0 Å². The van der Waals surface area contributed by atoms with Crippen molar-refractivity contribution < 1.29 is 58.7 Å². The van der Waals surface area contributed by atoms with E-state index in [0.717, 1.165) is 18.2 Å². The van der Waals surface area contributed by atoms with E-state index in [1.807, 2.05) is 27.7 Å². The number of nitrogens with zero attached hydrogens (tertiary/aromatic N) is 2. The average molecular weight is 523 g/mol. The quantitative estimate of drug-likeness (QED) is 0.190. The summed E-state index contributed by atoms with van der Waals surface area (Å²) in [6.45, 7) is 9.21. The van der Waals surface area contributed by atoms with Crippen LogP contribution in [0.2, 0.25) is 0 Å². The molecule has 0 aromatic carbocycles. The SMILES string of the molecule is CCN(CC)C(=O)CO.CCN(CC)C(=O)COC(=O)/C=C/C(=O)OC.COC(=O)/C=C/C(=O)O.O. The summed E-state index contributed by atoms with van der Waals surface area (Å²) in [5, 5.41) is 16.3. The summed E-state index contributed by atoms with van der Waals surface area (Å²) < 4.78 is 13.1. The van der Waals surface area contributed by atoms with Gasteiger partial charge in [-0.15, -0.1) is 0 Å². The molecule has 0 aromatic heterocycles. The van der Waals surface area contributed by atoms with Crippen molar-refractivity contribution >= 4 is 35.7 Å². The lowest BCUT2D eigenvalue weighted by Gasteiger charge is -2.17. The van der Waals surface area contributed by atoms with Gasteiger partial charge >= 0.3 is 23.9 Å². The minimum absolute atomic E-state index is 0. The maximum absolute atomic E-state index is 11.4. The first-order chi connectivity index (χ1) is 16.5. The maximum Gasteiger partial charge on any atom is 0.331 e. The third-order valence-electron chi connectivity index (χ3n) is 3.83. The van der Waals surface area contributed by atoms with Crippen LogP contribution in [0.4, 0.5) is 0 Å². The molecule has 0 aliphatic rings. The number of carboxylic acids is 1. The summed E-state index contributed by atoms with van der Waals surface area (Å²) in [4.78, 5) is 66.8. The Morgan fingerprint density at radius 3 is 1.33 bits per heavy atom. The van der Waals surface area contributed by atoms with Crippen LogP contribution in [0, 0.1) is 0 Å². The Labute approximate surface area is 210 Å². The Kier molecular flexibility index (Phi) is 28.3. The maximum atomic E-state index is 11.4. The molecule has 14 heteroatoms. The molecule has 0 atom stereocenters. The highest BCUT2D eigenvalue weighted by molar-refractivity contribution is 5.92. The molecular formula is C22H38N2O12. The second-order valence-corrected chi connectivity index (χ2v) is 5.95. The van der Waals surface area contributed by atoms with Crippen LogP contribution < -0.4 is 0 Å². The Balaban J connectivity index is -0.000000230. The molecule has 0 bridgehead atoms. The molecule has 0 aliphatic heterocycles. The third-order valence-corrected chi connectivity index (χ3v) is 3.83. The van der Waals surface area contributed by atoms with Gasteiger partial charge in [-0.25, -0.2) is 19.2 Å². The number of aliphatic carboxylic acids is 1.